The minimum absolute atomic E-state index is 0.151. The third-order valence-electron chi connectivity index (χ3n) is 2.72. The number of ether oxygens (including phenoxy) is 1. The van der Waals surface area contributed by atoms with Crippen LogP contribution in [0.5, 0.6) is 5.75 Å². The third kappa shape index (κ3) is 4.91. The molecule has 1 aromatic rings. The fraction of sp³-hybridized carbons (Fsp3) is 0.467. The number of hydrogen-bond acceptors (Lipinski definition) is 4. The first-order valence-corrected chi connectivity index (χ1v) is 6.68. The average molecular weight is 278 g/mol. The van der Waals surface area contributed by atoms with Crippen molar-refractivity contribution in [1.82, 2.24) is 5.32 Å². The highest BCUT2D eigenvalue weighted by Gasteiger charge is 2.16. The predicted octanol–water partition coefficient (Wildman–Crippen LogP) is 0.980. The molecule has 0 aliphatic heterocycles. The summed E-state index contributed by atoms with van der Waals surface area (Å²) in [6, 6.07) is 5.57. The van der Waals surface area contributed by atoms with Gasteiger partial charge in [0, 0.05) is 5.56 Å². The lowest BCUT2D eigenvalue weighted by Gasteiger charge is -2.21. The standard InChI is InChI=1S/C15H21NO4/c1-4-20-12-7-5-11(6-8-12)14(17)16-13(15(18)19)9-10(2)3/h5-8,10,13H,4,9H2,1-3H3,(H,16,17)(H,18,19)/p-1/t13-/m0/s1. The van der Waals surface area contributed by atoms with Gasteiger partial charge in [0.05, 0.1) is 18.6 Å². The normalized spacial score (nSPS) is 12.0. The van der Waals surface area contributed by atoms with Crippen molar-refractivity contribution >= 4 is 11.9 Å². The van der Waals surface area contributed by atoms with Crippen molar-refractivity contribution in [1.29, 1.82) is 0 Å². The van der Waals surface area contributed by atoms with Crippen molar-refractivity contribution in [2.75, 3.05) is 6.61 Å². The van der Waals surface area contributed by atoms with Crippen LogP contribution < -0.4 is 15.2 Å². The van der Waals surface area contributed by atoms with Gasteiger partial charge in [-0.3, -0.25) is 4.79 Å². The van der Waals surface area contributed by atoms with Gasteiger partial charge in [-0.25, -0.2) is 0 Å². The number of benzene rings is 1. The molecule has 1 N–H and O–H groups in total. The quantitative estimate of drug-likeness (QED) is 0.806. The van der Waals surface area contributed by atoms with Crippen molar-refractivity contribution in [3.05, 3.63) is 29.8 Å². The summed E-state index contributed by atoms with van der Waals surface area (Å²) in [5.41, 5.74) is 0.392. The number of aliphatic carboxylic acids is 1. The molecule has 1 aromatic carbocycles. The molecule has 0 spiro atoms. The summed E-state index contributed by atoms with van der Waals surface area (Å²) in [4.78, 5) is 23.0. The second-order valence-electron chi connectivity index (χ2n) is 4.93. The third-order valence-corrected chi connectivity index (χ3v) is 2.72. The highest BCUT2D eigenvalue weighted by atomic mass is 16.5. The van der Waals surface area contributed by atoms with Gasteiger partial charge in [0.2, 0.25) is 0 Å². The van der Waals surface area contributed by atoms with Crippen LogP contribution in [0, 0.1) is 5.92 Å². The largest absolute Gasteiger partial charge is 0.548 e. The Morgan fingerprint density at radius 2 is 1.85 bits per heavy atom. The molecule has 20 heavy (non-hydrogen) atoms. The van der Waals surface area contributed by atoms with E-state index in [0.717, 1.165) is 0 Å². The maximum absolute atomic E-state index is 12.0. The van der Waals surface area contributed by atoms with E-state index < -0.39 is 17.9 Å². The Hall–Kier alpha value is -2.04. The molecule has 5 heteroatoms. The summed E-state index contributed by atoms with van der Waals surface area (Å²) < 4.78 is 5.28. The summed E-state index contributed by atoms with van der Waals surface area (Å²) in [7, 11) is 0. The Morgan fingerprint density at radius 3 is 2.30 bits per heavy atom. The molecular weight excluding hydrogens is 258 g/mol. The molecule has 1 rings (SSSR count). The van der Waals surface area contributed by atoms with Crippen molar-refractivity contribution in [3.63, 3.8) is 0 Å². The van der Waals surface area contributed by atoms with Crippen LogP contribution in [0.15, 0.2) is 24.3 Å². The highest BCUT2D eigenvalue weighted by molar-refractivity contribution is 5.96. The van der Waals surface area contributed by atoms with Crippen LogP contribution in [0.25, 0.3) is 0 Å². The van der Waals surface area contributed by atoms with E-state index in [1.807, 2.05) is 20.8 Å². The van der Waals surface area contributed by atoms with Crippen LogP contribution in [0.3, 0.4) is 0 Å². The van der Waals surface area contributed by atoms with Gasteiger partial charge in [0.15, 0.2) is 0 Å². The molecule has 0 unspecified atom stereocenters. The fourth-order valence-corrected chi connectivity index (χ4v) is 1.80. The van der Waals surface area contributed by atoms with E-state index in [-0.39, 0.29) is 5.92 Å². The summed E-state index contributed by atoms with van der Waals surface area (Å²) in [5.74, 6) is -0.873. The monoisotopic (exact) mass is 278 g/mol. The van der Waals surface area contributed by atoms with Gasteiger partial charge in [-0.2, -0.15) is 0 Å². The Labute approximate surface area is 118 Å². The van der Waals surface area contributed by atoms with Crippen molar-refractivity contribution < 1.29 is 19.4 Å². The van der Waals surface area contributed by atoms with Crippen molar-refractivity contribution in [2.24, 2.45) is 5.92 Å². The summed E-state index contributed by atoms with van der Waals surface area (Å²) in [5, 5.41) is 13.5. The van der Waals surface area contributed by atoms with Crippen molar-refractivity contribution in [2.45, 2.75) is 33.2 Å². The average Bonchev–Trinajstić information content (AvgIpc) is 2.38. The van der Waals surface area contributed by atoms with Gasteiger partial charge in [-0.1, -0.05) is 13.8 Å². The molecule has 110 valence electrons. The van der Waals surface area contributed by atoms with Gasteiger partial charge < -0.3 is 20.0 Å². The first-order valence-electron chi connectivity index (χ1n) is 6.68. The number of carbonyl (C=O) groups excluding carboxylic acids is 2. The second kappa shape index (κ2) is 7.53. The lowest BCUT2D eigenvalue weighted by atomic mass is 10.0. The highest BCUT2D eigenvalue weighted by Crippen LogP contribution is 2.12. The Bertz CT molecular complexity index is 453. The number of nitrogens with one attached hydrogen (secondary N) is 1. The van der Waals surface area contributed by atoms with Crippen LogP contribution in [0.4, 0.5) is 0 Å². The molecule has 1 atom stereocenters. The van der Waals surface area contributed by atoms with Crippen LogP contribution >= 0.6 is 0 Å². The zero-order valence-corrected chi connectivity index (χ0v) is 12.0. The molecule has 5 nitrogen and oxygen atoms in total. The van der Waals surface area contributed by atoms with Crippen LogP contribution in [0.1, 0.15) is 37.6 Å². The molecule has 0 aromatic heterocycles. The minimum atomic E-state index is -1.27. The Balaban J connectivity index is 2.70. The smallest absolute Gasteiger partial charge is 0.251 e. The van der Waals surface area contributed by atoms with Gasteiger partial charge in [-0.05, 0) is 43.5 Å². The number of amides is 1. The first-order chi connectivity index (χ1) is 9.43. The molecular formula is C15H20NO4-. The topological polar surface area (TPSA) is 78.5 Å². The number of carboxylic acid groups (broad SMARTS) is 1. The van der Waals surface area contributed by atoms with E-state index in [9.17, 15) is 14.7 Å². The van der Waals surface area contributed by atoms with Crippen LogP contribution in [-0.2, 0) is 4.79 Å². The molecule has 0 bridgehead atoms. The summed E-state index contributed by atoms with van der Waals surface area (Å²) >= 11 is 0. The predicted molar refractivity (Wildman–Crippen MR) is 73.3 cm³/mol. The van der Waals surface area contributed by atoms with Gasteiger partial charge in [0.1, 0.15) is 5.75 Å². The molecule has 0 heterocycles. The fourth-order valence-electron chi connectivity index (χ4n) is 1.80. The number of rotatable bonds is 7. The van der Waals surface area contributed by atoms with E-state index in [2.05, 4.69) is 5.32 Å². The molecule has 0 saturated carbocycles. The van der Waals surface area contributed by atoms with E-state index in [1.165, 1.54) is 0 Å². The van der Waals surface area contributed by atoms with Gasteiger partial charge >= 0.3 is 0 Å². The summed E-state index contributed by atoms with van der Waals surface area (Å²) in [6.45, 7) is 6.20. The van der Waals surface area contributed by atoms with E-state index in [1.54, 1.807) is 24.3 Å². The van der Waals surface area contributed by atoms with Crippen molar-refractivity contribution in [3.8, 4) is 5.75 Å². The lowest BCUT2D eigenvalue weighted by molar-refractivity contribution is -0.308. The lowest BCUT2D eigenvalue weighted by Crippen LogP contribution is -2.48. The SMILES string of the molecule is CCOc1ccc(C(=O)N[C@@H](CC(C)C)C(=O)[O-])cc1. The zero-order chi connectivity index (χ0) is 15.1. The maximum Gasteiger partial charge on any atom is 0.251 e. The second-order valence-corrected chi connectivity index (χ2v) is 4.93. The molecule has 0 fully saturated rings. The van der Waals surface area contributed by atoms with E-state index in [0.29, 0.717) is 24.3 Å². The molecule has 1 amide bonds. The molecule has 0 radical (unpaired) electrons. The molecule has 0 aliphatic carbocycles. The van der Waals surface area contributed by atoms with Crippen LogP contribution in [0.2, 0.25) is 0 Å². The van der Waals surface area contributed by atoms with Gasteiger partial charge in [0.25, 0.3) is 5.91 Å². The zero-order valence-electron chi connectivity index (χ0n) is 12.0. The molecule has 0 saturated heterocycles. The number of hydrogen-bond donors (Lipinski definition) is 1. The van der Waals surface area contributed by atoms with Gasteiger partial charge in [-0.15, -0.1) is 0 Å². The Kier molecular flexibility index (Phi) is 6.03. The van der Waals surface area contributed by atoms with Crippen LogP contribution in [-0.4, -0.2) is 24.5 Å². The first kappa shape index (κ1) is 16.0. The Morgan fingerprint density at radius 1 is 1.25 bits per heavy atom. The number of carbonyl (C=O) groups is 2. The van der Waals surface area contributed by atoms with E-state index >= 15 is 0 Å². The maximum atomic E-state index is 12.0. The summed E-state index contributed by atoms with van der Waals surface area (Å²) in [6.07, 6.45) is 0.338. The molecule has 0 aliphatic rings. The number of carboxylic acids is 1. The minimum Gasteiger partial charge on any atom is -0.548 e. The van der Waals surface area contributed by atoms with E-state index in [4.69, 9.17) is 4.74 Å².